The SMILES string of the molecule is CCC1CCCCC1Oc1nc(Cl)nc(C)c1[N+](=O)[O-]. The molecule has 0 aliphatic heterocycles. The van der Waals surface area contributed by atoms with Gasteiger partial charge in [-0.15, -0.1) is 0 Å². The maximum atomic E-state index is 11.1. The minimum absolute atomic E-state index is 0.00199. The maximum Gasteiger partial charge on any atom is 0.352 e. The van der Waals surface area contributed by atoms with Gasteiger partial charge in [-0.2, -0.15) is 4.98 Å². The highest BCUT2D eigenvalue weighted by atomic mass is 35.5. The van der Waals surface area contributed by atoms with Crippen LogP contribution in [0.4, 0.5) is 5.69 Å². The van der Waals surface area contributed by atoms with Crippen LogP contribution in [0.25, 0.3) is 0 Å². The van der Waals surface area contributed by atoms with Crippen molar-refractivity contribution in [2.75, 3.05) is 0 Å². The van der Waals surface area contributed by atoms with E-state index in [-0.39, 0.29) is 28.6 Å². The summed E-state index contributed by atoms with van der Waals surface area (Å²) >= 11 is 5.79. The smallest absolute Gasteiger partial charge is 0.352 e. The average molecular weight is 300 g/mol. The fourth-order valence-corrected chi connectivity index (χ4v) is 2.94. The summed E-state index contributed by atoms with van der Waals surface area (Å²) in [5, 5.41) is 11.1. The first-order valence-corrected chi connectivity index (χ1v) is 7.26. The molecule has 2 atom stereocenters. The van der Waals surface area contributed by atoms with E-state index in [0.29, 0.717) is 5.92 Å². The van der Waals surface area contributed by atoms with Crippen molar-refractivity contribution in [2.24, 2.45) is 5.92 Å². The van der Waals surface area contributed by atoms with E-state index in [1.54, 1.807) is 0 Å². The van der Waals surface area contributed by atoms with Gasteiger partial charge in [0.25, 0.3) is 5.88 Å². The molecule has 1 aromatic rings. The molecule has 1 fully saturated rings. The van der Waals surface area contributed by atoms with Crippen molar-refractivity contribution in [3.05, 3.63) is 21.1 Å². The lowest BCUT2D eigenvalue weighted by atomic mass is 9.85. The highest BCUT2D eigenvalue weighted by Gasteiger charge is 2.30. The van der Waals surface area contributed by atoms with Crippen molar-refractivity contribution >= 4 is 17.3 Å². The summed E-state index contributed by atoms with van der Waals surface area (Å²) < 4.78 is 5.84. The summed E-state index contributed by atoms with van der Waals surface area (Å²) in [6, 6.07) is 0. The van der Waals surface area contributed by atoms with Crippen LogP contribution in [-0.4, -0.2) is 21.0 Å². The Bertz CT molecular complexity index is 510. The average Bonchev–Trinajstić information content (AvgIpc) is 2.38. The largest absolute Gasteiger partial charge is 0.469 e. The lowest BCUT2D eigenvalue weighted by Gasteiger charge is -2.30. The fourth-order valence-electron chi connectivity index (χ4n) is 2.74. The fraction of sp³-hybridized carbons (Fsp3) is 0.692. The molecule has 1 heterocycles. The van der Waals surface area contributed by atoms with Gasteiger partial charge >= 0.3 is 5.69 Å². The number of aromatic nitrogens is 2. The maximum absolute atomic E-state index is 11.1. The first kappa shape index (κ1) is 15.0. The molecule has 0 saturated heterocycles. The standard InChI is InChI=1S/C13H18ClN3O3/c1-3-9-6-4-5-7-10(9)20-12-11(17(18)19)8(2)15-13(14)16-12/h9-10H,3-7H2,1-2H3. The van der Waals surface area contributed by atoms with Crippen molar-refractivity contribution < 1.29 is 9.66 Å². The molecule has 1 aliphatic rings. The molecular weight excluding hydrogens is 282 g/mol. The van der Waals surface area contributed by atoms with Crippen molar-refractivity contribution in [1.29, 1.82) is 0 Å². The highest BCUT2D eigenvalue weighted by Crippen LogP contribution is 2.34. The molecule has 1 aliphatic carbocycles. The second-order valence-corrected chi connectivity index (χ2v) is 5.44. The lowest BCUT2D eigenvalue weighted by Crippen LogP contribution is -2.30. The number of nitrogens with zero attached hydrogens (tertiary/aromatic N) is 3. The second kappa shape index (κ2) is 6.35. The first-order chi connectivity index (χ1) is 9.52. The van der Waals surface area contributed by atoms with E-state index in [4.69, 9.17) is 16.3 Å². The van der Waals surface area contributed by atoms with Crippen LogP contribution in [0.3, 0.4) is 0 Å². The van der Waals surface area contributed by atoms with Gasteiger partial charge in [0.2, 0.25) is 5.28 Å². The van der Waals surface area contributed by atoms with Crippen LogP contribution in [0.1, 0.15) is 44.7 Å². The van der Waals surface area contributed by atoms with Gasteiger partial charge < -0.3 is 4.74 Å². The van der Waals surface area contributed by atoms with Gasteiger partial charge in [-0.25, -0.2) is 4.98 Å². The van der Waals surface area contributed by atoms with Crippen LogP contribution >= 0.6 is 11.6 Å². The summed E-state index contributed by atoms with van der Waals surface area (Å²) in [6.07, 6.45) is 5.22. The summed E-state index contributed by atoms with van der Waals surface area (Å²) in [5.74, 6) is 0.412. The Morgan fingerprint density at radius 2 is 2.10 bits per heavy atom. The van der Waals surface area contributed by atoms with E-state index < -0.39 is 4.92 Å². The predicted octanol–water partition coefficient (Wildman–Crippen LogP) is 3.69. The summed E-state index contributed by atoms with van der Waals surface area (Å²) in [7, 11) is 0. The van der Waals surface area contributed by atoms with Crippen LogP contribution < -0.4 is 4.74 Å². The molecule has 7 heteroatoms. The van der Waals surface area contributed by atoms with Gasteiger partial charge in [0.15, 0.2) is 0 Å². The molecule has 6 nitrogen and oxygen atoms in total. The monoisotopic (exact) mass is 299 g/mol. The molecular formula is C13H18ClN3O3. The van der Waals surface area contributed by atoms with Crippen molar-refractivity contribution in [3.8, 4) is 5.88 Å². The van der Waals surface area contributed by atoms with Crippen LogP contribution in [0.5, 0.6) is 5.88 Å². The third-order valence-corrected chi connectivity index (χ3v) is 3.98. The number of aryl methyl sites for hydroxylation is 1. The third-order valence-electron chi connectivity index (χ3n) is 3.81. The quantitative estimate of drug-likeness (QED) is 0.481. The summed E-state index contributed by atoms with van der Waals surface area (Å²) in [6.45, 7) is 3.65. The van der Waals surface area contributed by atoms with E-state index in [1.165, 1.54) is 13.3 Å². The molecule has 0 aromatic carbocycles. The third kappa shape index (κ3) is 3.17. The van der Waals surface area contributed by atoms with Gasteiger partial charge in [-0.05, 0) is 50.1 Å². The molecule has 0 N–H and O–H groups in total. The normalized spacial score (nSPS) is 22.6. The van der Waals surface area contributed by atoms with Gasteiger partial charge in [-0.3, -0.25) is 10.1 Å². The second-order valence-electron chi connectivity index (χ2n) is 5.10. The summed E-state index contributed by atoms with van der Waals surface area (Å²) in [4.78, 5) is 18.4. The minimum Gasteiger partial charge on any atom is -0.469 e. The minimum atomic E-state index is -0.509. The zero-order valence-electron chi connectivity index (χ0n) is 11.6. The van der Waals surface area contributed by atoms with Gasteiger partial charge in [-0.1, -0.05) is 13.3 Å². The molecule has 0 bridgehead atoms. The zero-order valence-corrected chi connectivity index (χ0v) is 12.4. The van der Waals surface area contributed by atoms with Gasteiger partial charge in [0, 0.05) is 0 Å². The predicted molar refractivity (Wildman–Crippen MR) is 75.1 cm³/mol. The van der Waals surface area contributed by atoms with E-state index in [9.17, 15) is 10.1 Å². The van der Waals surface area contributed by atoms with E-state index in [2.05, 4.69) is 16.9 Å². The number of nitro groups is 1. The van der Waals surface area contributed by atoms with Crippen LogP contribution in [0.15, 0.2) is 0 Å². The van der Waals surface area contributed by atoms with E-state index in [0.717, 1.165) is 25.7 Å². The van der Waals surface area contributed by atoms with Crippen LogP contribution in [0.2, 0.25) is 5.28 Å². The number of ether oxygens (including phenoxy) is 1. The van der Waals surface area contributed by atoms with Crippen molar-refractivity contribution in [2.45, 2.75) is 52.1 Å². The molecule has 20 heavy (non-hydrogen) atoms. The Hall–Kier alpha value is -1.43. The van der Waals surface area contributed by atoms with Crippen LogP contribution in [-0.2, 0) is 0 Å². The Morgan fingerprint density at radius 3 is 2.75 bits per heavy atom. The molecule has 0 amide bonds. The molecule has 1 aromatic heterocycles. The van der Waals surface area contributed by atoms with Crippen LogP contribution in [0, 0.1) is 23.0 Å². The number of halogens is 1. The Morgan fingerprint density at radius 1 is 1.40 bits per heavy atom. The van der Waals surface area contributed by atoms with Gasteiger partial charge in [0.05, 0.1) is 4.92 Å². The summed E-state index contributed by atoms with van der Waals surface area (Å²) in [5.41, 5.74) is 0.0451. The number of rotatable bonds is 4. The molecule has 1 saturated carbocycles. The number of hydrogen-bond acceptors (Lipinski definition) is 5. The Balaban J connectivity index is 2.30. The van der Waals surface area contributed by atoms with Crippen molar-refractivity contribution in [1.82, 2.24) is 9.97 Å². The first-order valence-electron chi connectivity index (χ1n) is 6.88. The molecule has 0 spiro atoms. The topological polar surface area (TPSA) is 78.2 Å². The highest BCUT2D eigenvalue weighted by molar-refractivity contribution is 6.28. The molecule has 0 radical (unpaired) electrons. The lowest BCUT2D eigenvalue weighted by molar-refractivity contribution is -0.387. The Labute approximate surface area is 122 Å². The molecule has 110 valence electrons. The van der Waals surface area contributed by atoms with E-state index >= 15 is 0 Å². The number of hydrogen-bond donors (Lipinski definition) is 0. The molecule has 2 rings (SSSR count). The van der Waals surface area contributed by atoms with Crippen molar-refractivity contribution in [3.63, 3.8) is 0 Å². The Kier molecular flexibility index (Phi) is 4.75. The van der Waals surface area contributed by atoms with Gasteiger partial charge in [0.1, 0.15) is 11.8 Å². The zero-order chi connectivity index (χ0) is 14.7. The van der Waals surface area contributed by atoms with E-state index in [1.807, 2.05) is 0 Å². The molecule has 2 unspecified atom stereocenters.